The van der Waals surface area contributed by atoms with E-state index < -0.39 is 0 Å². The quantitative estimate of drug-likeness (QED) is 0.773. The first-order valence-corrected chi connectivity index (χ1v) is 7.77. The van der Waals surface area contributed by atoms with Gasteiger partial charge in [-0.05, 0) is 43.2 Å². The first-order chi connectivity index (χ1) is 9.81. The molecule has 0 bridgehead atoms. The molecule has 2 aromatic heterocycles. The van der Waals surface area contributed by atoms with E-state index in [1.54, 1.807) is 11.3 Å². The van der Waals surface area contributed by atoms with Gasteiger partial charge in [-0.3, -0.25) is 0 Å². The number of thiazole rings is 1. The molecule has 0 saturated heterocycles. The Hall–Kier alpha value is -1.94. The summed E-state index contributed by atoms with van der Waals surface area (Å²) in [6.07, 6.45) is 2.82. The number of pyridine rings is 1. The fraction of sp³-hybridized carbons (Fsp3) is 0.250. The van der Waals surface area contributed by atoms with Crippen LogP contribution in [-0.4, -0.2) is 16.5 Å². The second-order valence-electron chi connectivity index (χ2n) is 4.62. The van der Waals surface area contributed by atoms with Crippen LogP contribution in [0.3, 0.4) is 0 Å². The number of rotatable bonds is 4. The van der Waals surface area contributed by atoms with Gasteiger partial charge in [0, 0.05) is 29.1 Å². The number of hydrogen-bond acceptors (Lipinski definition) is 4. The van der Waals surface area contributed by atoms with Crippen LogP contribution in [0.4, 0.5) is 5.82 Å². The molecule has 2 heterocycles. The Balaban J connectivity index is 2.12. The molecule has 102 valence electrons. The largest absolute Gasteiger partial charge is 0.370 e. The van der Waals surface area contributed by atoms with Crippen LogP contribution in [0.2, 0.25) is 0 Å². The van der Waals surface area contributed by atoms with Crippen LogP contribution in [0, 0.1) is 0 Å². The highest BCUT2D eigenvalue weighted by molar-refractivity contribution is 7.13. The maximum Gasteiger partial charge on any atom is 0.129 e. The van der Waals surface area contributed by atoms with Crippen LogP contribution in [-0.2, 0) is 6.42 Å². The van der Waals surface area contributed by atoms with Gasteiger partial charge in [0.1, 0.15) is 10.8 Å². The highest BCUT2D eigenvalue weighted by Crippen LogP contribution is 2.27. The van der Waals surface area contributed by atoms with Gasteiger partial charge in [0.15, 0.2) is 0 Å². The zero-order valence-electron chi connectivity index (χ0n) is 11.7. The van der Waals surface area contributed by atoms with E-state index >= 15 is 0 Å². The molecule has 0 amide bonds. The zero-order chi connectivity index (χ0) is 13.9. The molecule has 0 aliphatic carbocycles. The predicted molar refractivity (Wildman–Crippen MR) is 86.4 cm³/mol. The number of anilines is 1. The Morgan fingerprint density at radius 1 is 1.20 bits per heavy atom. The lowest BCUT2D eigenvalue weighted by molar-refractivity contribution is 1.09. The molecule has 0 atom stereocenters. The van der Waals surface area contributed by atoms with Crippen LogP contribution in [0.15, 0.2) is 35.8 Å². The monoisotopic (exact) mass is 283 g/mol. The van der Waals surface area contributed by atoms with E-state index in [1.807, 2.05) is 11.6 Å². The van der Waals surface area contributed by atoms with Gasteiger partial charge in [0.25, 0.3) is 0 Å². The molecule has 0 aliphatic heterocycles. The molecular weight excluding hydrogens is 266 g/mol. The lowest BCUT2D eigenvalue weighted by atomic mass is 10.1. The highest BCUT2D eigenvalue weighted by Gasteiger charge is 2.07. The van der Waals surface area contributed by atoms with Gasteiger partial charge < -0.3 is 5.32 Å². The molecule has 0 aliphatic rings. The molecule has 20 heavy (non-hydrogen) atoms. The van der Waals surface area contributed by atoms with E-state index in [1.165, 1.54) is 10.9 Å². The molecule has 1 N–H and O–H groups in total. The lowest BCUT2D eigenvalue weighted by Crippen LogP contribution is -2.03. The van der Waals surface area contributed by atoms with E-state index in [4.69, 9.17) is 4.98 Å². The van der Waals surface area contributed by atoms with Crippen LogP contribution in [0.1, 0.15) is 19.4 Å². The zero-order valence-corrected chi connectivity index (χ0v) is 12.5. The van der Waals surface area contributed by atoms with E-state index in [9.17, 15) is 0 Å². The van der Waals surface area contributed by atoms with Crippen LogP contribution < -0.4 is 5.32 Å². The van der Waals surface area contributed by atoms with Gasteiger partial charge in [-0.15, -0.1) is 11.3 Å². The molecule has 3 rings (SSSR count). The molecule has 0 unspecified atom stereocenters. The minimum atomic E-state index is 0.892. The summed E-state index contributed by atoms with van der Waals surface area (Å²) in [7, 11) is 0. The number of benzene rings is 1. The second kappa shape index (κ2) is 5.59. The van der Waals surface area contributed by atoms with E-state index in [2.05, 4.69) is 48.4 Å². The predicted octanol–water partition coefficient (Wildman–Crippen LogP) is 4.35. The smallest absolute Gasteiger partial charge is 0.129 e. The Morgan fingerprint density at radius 2 is 2.10 bits per heavy atom. The molecule has 0 spiro atoms. The van der Waals surface area contributed by atoms with Crippen molar-refractivity contribution in [2.24, 2.45) is 0 Å². The highest BCUT2D eigenvalue weighted by atomic mass is 32.1. The summed E-state index contributed by atoms with van der Waals surface area (Å²) in [5.41, 5.74) is 3.45. The van der Waals surface area contributed by atoms with Gasteiger partial charge >= 0.3 is 0 Å². The number of aromatic nitrogens is 2. The lowest BCUT2D eigenvalue weighted by Gasteiger charge is -2.10. The molecule has 3 nitrogen and oxygen atoms in total. The van der Waals surface area contributed by atoms with Gasteiger partial charge in [0.2, 0.25) is 0 Å². The normalized spacial score (nSPS) is 10.9. The molecular formula is C16H17N3S. The Bertz CT molecular complexity index is 720. The number of fused-ring (bicyclic) bond motifs is 1. The third kappa shape index (κ3) is 2.39. The van der Waals surface area contributed by atoms with Crippen molar-refractivity contribution in [3.05, 3.63) is 41.4 Å². The van der Waals surface area contributed by atoms with E-state index in [0.717, 1.165) is 34.9 Å². The standard InChI is InChI=1S/C16H17N3S/c1-3-11-9-13-10-12(16-18-7-8-20-16)5-6-14(13)19-15(11)17-4-2/h5-10H,3-4H2,1-2H3,(H,17,19). The van der Waals surface area contributed by atoms with Crippen molar-refractivity contribution in [1.82, 2.24) is 9.97 Å². The van der Waals surface area contributed by atoms with Crippen LogP contribution >= 0.6 is 11.3 Å². The molecule has 4 heteroatoms. The average Bonchev–Trinajstić information content (AvgIpc) is 3.00. The Morgan fingerprint density at radius 3 is 2.80 bits per heavy atom. The van der Waals surface area contributed by atoms with E-state index in [0.29, 0.717) is 0 Å². The van der Waals surface area contributed by atoms with Crippen molar-refractivity contribution in [3.63, 3.8) is 0 Å². The maximum atomic E-state index is 4.73. The van der Waals surface area contributed by atoms with Crippen molar-refractivity contribution >= 4 is 28.1 Å². The number of nitrogens with one attached hydrogen (secondary N) is 1. The van der Waals surface area contributed by atoms with Gasteiger partial charge in [-0.25, -0.2) is 9.97 Å². The van der Waals surface area contributed by atoms with Crippen LogP contribution in [0.25, 0.3) is 21.5 Å². The van der Waals surface area contributed by atoms with Crippen molar-refractivity contribution in [2.45, 2.75) is 20.3 Å². The average molecular weight is 283 g/mol. The summed E-state index contributed by atoms with van der Waals surface area (Å²) in [5, 5.41) is 7.58. The van der Waals surface area contributed by atoms with Crippen molar-refractivity contribution < 1.29 is 0 Å². The van der Waals surface area contributed by atoms with Crippen molar-refractivity contribution in [1.29, 1.82) is 0 Å². The minimum absolute atomic E-state index is 0.892. The minimum Gasteiger partial charge on any atom is -0.370 e. The number of hydrogen-bond donors (Lipinski definition) is 1. The topological polar surface area (TPSA) is 37.8 Å². The first kappa shape index (κ1) is 13.1. The molecule has 0 saturated carbocycles. The van der Waals surface area contributed by atoms with Gasteiger partial charge in [-0.1, -0.05) is 6.92 Å². The summed E-state index contributed by atoms with van der Waals surface area (Å²) in [6.45, 7) is 5.15. The summed E-state index contributed by atoms with van der Waals surface area (Å²) in [5.74, 6) is 1.00. The summed E-state index contributed by atoms with van der Waals surface area (Å²) >= 11 is 1.66. The Kier molecular flexibility index (Phi) is 3.65. The number of aryl methyl sites for hydroxylation is 1. The molecule has 0 radical (unpaired) electrons. The van der Waals surface area contributed by atoms with Crippen molar-refractivity contribution in [3.8, 4) is 10.6 Å². The maximum absolute atomic E-state index is 4.73. The third-order valence-electron chi connectivity index (χ3n) is 3.30. The Labute approximate surface area is 122 Å². The van der Waals surface area contributed by atoms with Crippen molar-refractivity contribution in [2.75, 3.05) is 11.9 Å². The third-order valence-corrected chi connectivity index (χ3v) is 4.12. The SMILES string of the molecule is CCNc1nc2ccc(-c3nccs3)cc2cc1CC. The second-order valence-corrected chi connectivity index (χ2v) is 5.52. The summed E-state index contributed by atoms with van der Waals surface area (Å²) in [6, 6.07) is 8.58. The first-order valence-electron chi connectivity index (χ1n) is 6.89. The van der Waals surface area contributed by atoms with E-state index in [-0.39, 0.29) is 0 Å². The molecule has 3 aromatic rings. The summed E-state index contributed by atoms with van der Waals surface area (Å²) in [4.78, 5) is 9.10. The fourth-order valence-electron chi connectivity index (χ4n) is 2.31. The molecule has 1 aromatic carbocycles. The number of nitrogens with zero attached hydrogens (tertiary/aromatic N) is 2. The van der Waals surface area contributed by atoms with Crippen LogP contribution in [0.5, 0.6) is 0 Å². The summed E-state index contributed by atoms with van der Waals surface area (Å²) < 4.78 is 0. The van der Waals surface area contributed by atoms with Gasteiger partial charge in [0.05, 0.1) is 5.52 Å². The fourth-order valence-corrected chi connectivity index (χ4v) is 2.94. The molecule has 0 fully saturated rings. The van der Waals surface area contributed by atoms with Gasteiger partial charge in [-0.2, -0.15) is 0 Å².